The maximum Gasteiger partial charge on any atom is 0.340 e. The zero-order valence-electron chi connectivity index (χ0n) is 16.0. The fourth-order valence-electron chi connectivity index (χ4n) is 3.73. The molecule has 29 heavy (non-hydrogen) atoms. The fourth-order valence-corrected chi connectivity index (χ4v) is 3.73. The number of anilines is 1. The number of fused-ring (bicyclic) bond motifs is 1. The van der Waals surface area contributed by atoms with E-state index in [4.69, 9.17) is 14.2 Å². The SMILES string of the molecule is COc1ccc(NC(=O)[C@@H]2CCC(=O)N2C2OC(=O)c3ccccc32)cc1OC. The summed E-state index contributed by atoms with van der Waals surface area (Å²) in [5, 5.41) is 2.81. The summed E-state index contributed by atoms with van der Waals surface area (Å²) < 4.78 is 15.9. The first kappa shape index (κ1) is 18.8. The summed E-state index contributed by atoms with van der Waals surface area (Å²) in [7, 11) is 3.03. The molecule has 0 saturated carbocycles. The second-order valence-corrected chi connectivity index (χ2v) is 6.76. The van der Waals surface area contributed by atoms with Crippen LogP contribution >= 0.6 is 0 Å². The van der Waals surface area contributed by atoms with Crippen LogP contribution < -0.4 is 14.8 Å². The third-order valence-electron chi connectivity index (χ3n) is 5.13. The molecule has 2 atom stereocenters. The third kappa shape index (κ3) is 3.26. The maximum absolute atomic E-state index is 13.0. The van der Waals surface area contributed by atoms with Crippen molar-refractivity contribution in [3.63, 3.8) is 0 Å². The number of hydrogen-bond acceptors (Lipinski definition) is 6. The number of carbonyl (C=O) groups excluding carboxylic acids is 3. The molecule has 2 aromatic carbocycles. The lowest BCUT2D eigenvalue weighted by Crippen LogP contribution is -2.43. The molecule has 150 valence electrons. The van der Waals surface area contributed by atoms with Crippen LogP contribution in [0.3, 0.4) is 0 Å². The van der Waals surface area contributed by atoms with Gasteiger partial charge in [-0.05, 0) is 24.6 Å². The number of hydrogen-bond donors (Lipinski definition) is 1. The minimum atomic E-state index is -0.894. The van der Waals surface area contributed by atoms with Gasteiger partial charge in [-0.1, -0.05) is 18.2 Å². The number of cyclic esters (lactones) is 1. The van der Waals surface area contributed by atoms with Crippen molar-refractivity contribution >= 4 is 23.5 Å². The van der Waals surface area contributed by atoms with Crippen LogP contribution in [-0.2, 0) is 14.3 Å². The van der Waals surface area contributed by atoms with Crippen molar-refractivity contribution in [2.75, 3.05) is 19.5 Å². The average molecular weight is 396 g/mol. The second-order valence-electron chi connectivity index (χ2n) is 6.76. The molecule has 0 radical (unpaired) electrons. The van der Waals surface area contributed by atoms with E-state index in [-0.39, 0.29) is 18.2 Å². The highest BCUT2D eigenvalue weighted by Gasteiger charge is 2.46. The van der Waals surface area contributed by atoms with Gasteiger partial charge in [-0.25, -0.2) is 4.79 Å². The average Bonchev–Trinajstić information content (AvgIpc) is 3.28. The quantitative estimate of drug-likeness (QED) is 0.781. The maximum atomic E-state index is 13.0. The molecule has 1 saturated heterocycles. The van der Waals surface area contributed by atoms with E-state index in [0.717, 1.165) is 0 Å². The van der Waals surface area contributed by atoms with Crippen molar-refractivity contribution in [3.05, 3.63) is 53.6 Å². The van der Waals surface area contributed by atoms with Gasteiger partial charge >= 0.3 is 5.97 Å². The standard InChI is InChI=1S/C21H20N2O6/c1-27-16-9-7-12(11-17(16)28-2)22-19(25)15-8-10-18(24)23(15)20-13-5-3-4-6-14(13)21(26)29-20/h3-7,9,11,15,20H,8,10H2,1-2H3,(H,22,25)/t15-,20?/m0/s1. The van der Waals surface area contributed by atoms with Gasteiger partial charge in [-0.15, -0.1) is 0 Å². The lowest BCUT2D eigenvalue weighted by atomic mass is 10.1. The summed E-state index contributed by atoms with van der Waals surface area (Å²) in [6.07, 6.45) is -0.344. The minimum absolute atomic E-state index is 0.209. The minimum Gasteiger partial charge on any atom is -0.493 e. The smallest absolute Gasteiger partial charge is 0.340 e. The van der Waals surface area contributed by atoms with Crippen molar-refractivity contribution in [1.82, 2.24) is 4.90 Å². The Labute approximate surface area is 167 Å². The summed E-state index contributed by atoms with van der Waals surface area (Å²) in [4.78, 5) is 39.0. The van der Waals surface area contributed by atoms with Gasteiger partial charge in [-0.3, -0.25) is 14.5 Å². The van der Waals surface area contributed by atoms with Gasteiger partial charge in [0.1, 0.15) is 6.04 Å². The van der Waals surface area contributed by atoms with Crippen molar-refractivity contribution in [1.29, 1.82) is 0 Å². The summed E-state index contributed by atoms with van der Waals surface area (Å²) in [6, 6.07) is 11.1. The second kappa shape index (κ2) is 7.46. The summed E-state index contributed by atoms with van der Waals surface area (Å²) in [5.74, 6) is -0.0687. The van der Waals surface area contributed by atoms with Crippen LogP contribution in [0.25, 0.3) is 0 Å². The lowest BCUT2D eigenvalue weighted by Gasteiger charge is -2.29. The Kier molecular flexibility index (Phi) is 4.84. The molecule has 8 nitrogen and oxygen atoms in total. The van der Waals surface area contributed by atoms with Crippen LogP contribution in [0.1, 0.15) is 35.0 Å². The van der Waals surface area contributed by atoms with Gasteiger partial charge in [0.05, 0.1) is 19.8 Å². The zero-order chi connectivity index (χ0) is 20.5. The number of carbonyl (C=O) groups is 3. The normalized spacial score (nSPS) is 20.3. The number of amides is 2. The van der Waals surface area contributed by atoms with E-state index in [1.54, 1.807) is 42.5 Å². The Morgan fingerprint density at radius 2 is 1.86 bits per heavy atom. The number of rotatable bonds is 5. The van der Waals surface area contributed by atoms with Crippen molar-refractivity contribution < 1.29 is 28.6 Å². The lowest BCUT2D eigenvalue weighted by molar-refractivity contribution is -0.144. The van der Waals surface area contributed by atoms with E-state index in [0.29, 0.717) is 34.7 Å². The number of nitrogens with one attached hydrogen (secondary N) is 1. The van der Waals surface area contributed by atoms with Crippen LogP contribution in [0.4, 0.5) is 5.69 Å². The van der Waals surface area contributed by atoms with Gasteiger partial charge in [0, 0.05) is 23.7 Å². The Balaban J connectivity index is 1.57. The molecule has 2 aliphatic heterocycles. The van der Waals surface area contributed by atoms with E-state index < -0.39 is 18.2 Å². The predicted molar refractivity (Wildman–Crippen MR) is 103 cm³/mol. The molecular weight excluding hydrogens is 376 g/mol. The largest absolute Gasteiger partial charge is 0.493 e. The number of benzene rings is 2. The van der Waals surface area contributed by atoms with Gasteiger partial charge in [0.2, 0.25) is 18.0 Å². The molecule has 0 aromatic heterocycles. The van der Waals surface area contributed by atoms with Gasteiger partial charge in [0.25, 0.3) is 0 Å². The summed E-state index contributed by atoms with van der Waals surface area (Å²) >= 11 is 0. The molecule has 1 fully saturated rings. The number of methoxy groups -OCH3 is 2. The Bertz CT molecular complexity index is 989. The number of ether oxygens (including phenoxy) is 3. The molecule has 2 heterocycles. The van der Waals surface area contributed by atoms with Crippen molar-refractivity contribution in [3.8, 4) is 11.5 Å². The molecule has 1 N–H and O–H groups in total. The van der Waals surface area contributed by atoms with E-state index in [1.807, 2.05) is 0 Å². The highest BCUT2D eigenvalue weighted by Crippen LogP contribution is 2.38. The highest BCUT2D eigenvalue weighted by atomic mass is 16.6. The van der Waals surface area contributed by atoms with Gasteiger partial charge in [0.15, 0.2) is 11.5 Å². The van der Waals surface area contributed by atoms with Crippen LogP contribution in [0.5, 0.6) is 11.5 Å². The molecular formula is C21H20N2O6. The molecule has 2 aromatic rings. The van der Waals surface area contributed by atoms with Crippen molar-refractivity contribution in [2.24, 2.45) is 0 Å². The van der Waals surface area contributed by atoms with Crippen molar-refractivity contribution in [2.45, 2.75) is 25.1 Å². The molecule has 8 heteroatoms. The topological polar surface area (TPSA) is 94.2 Å². The molecule has 2 aliphatic rings. The summed E-state index contributed by atoms with van der Waals surface area (Å²) in [5.41, 5.74) is 1.52. The number of likely N-dealkylation sites (tertiary alicyclic amines) is 1. The van der Waals surface area contributed by atoms with E-state index in [1.165, 1.54) is 19.1 Å². The first-order valence-corrected chi connectivity index (χ1v) is 9.17. The Morgan fingerprint density at radius 3 is 2.62 bits per heavy atom. The molecule has 1 unspecified atom stereocenters. The van der Waals surface area contributed by atoms with Crippen LogP contribution in [0.2, 0.25) is 0 Å². The van der Waals surface area contributed by atoms with Crippen LogP contribution in [0, 0.1) is 0 Å². The summed E-state index contributed by atoms with van der Waals surface area (Å²) in [6.45, 7) is 0. The highest BCUT2D eigenvalue weighted by molar-refractivity contribution is 6.00. The molecule has 0 spiro atoms. The molecule has 0 aliphatic carbocycles. The van der Waals surface area contributed by atoms with E-state index in [9.17, 15) is 14.4 Å². The monoisotopic (exact) mass is 396 g/mol. The first-order chi connectivity index (χ1) is 14.0. The van der Waals surface area contributed by atoms with Gasteiger partial charge < -0.3 is 19.5 Å². The van der Waals surface area contributed by atoms with Gasteiger partial charge in [-0.2, -0.15) is 0 Å². The fraction of sp³-hybridized carbons (Fsp3) is 0.286. The molecule has 2 amide bonds. The molecule has 0 bridgehead atoms. The Morgan fingerprint density at radius 1 is 1.10 bits per heavy atom. The number of esters is 1. The Hall–Kier alpha value is -3.55. The first-order valence-electron chi connectivity index (χ1n) is 9.17. The van der Waals surface area contributed by atoms with Crippen LogP contribution in [-0.4, -0.2) is 42.9 Å². The van der Waals surface area contributed by atoms with E-state index in [2.05, 4.69) is 5.32 Å². The molecule has 4 rings (SSSR count). The number of nitrogens with zero attached hydrogens (tertiary/aromatic N) is 1. The third-order valence-corrected chi connectivity index (χ3v) is 5.13. The van der Waals surface area contributed by atoms with E-state index >= 15 is 0 Å². The zero-order valence-corrected chi connectivity index (χ0v) is 16.0. The van der Waals surface area contributed by atoms with Crippen LogP contribution in [0.15, 0.2) is 42.5 Å². The predicted octanol–water partition coefficient (Wildman–Crippen LogP) is 2.50.